The van der Waals surface area contributed by atoms with Crippen molar-refractivity contribution in [2.75, 3.05) is 19.1 Å². The third-order valence-electron chi connectivity index (χ3n) is 4.37. The van der Waals surface area contributed by atoms with E-state index in [2.05, 4.69) is 16.3 Å². The van der Waals surface area contributed by atoms with Crippen LogP contribution in [0.25, 0.3) is 10.9 Å². The predicted octanol–water partition coefficient (Wildman–Crippen LogP) is 4.97. The number of benzene rings is 2. The van der Waals surface area contributed by atoms with Gasteiger partial charge in [0, 0.05) is 29.7 Å². The fourth-order valence-corrected chi connectivity index (χ4v) is 2.63. The van der Waals surface area contributed by atoms with Crippen molar-refractivity contribution in [2.45, 2.75) is 33.6 Å². The number of para-hydroxylation sites is 1. The Bertz CT molecular complexity index is 851. The van der Waals surface area contributed by atoms with Gasteiger partial charge in [0.25, 0.3) is 0 Å². The highest BCUT2D eigenvalue weighted by molar-refractivity contribution is 5.95. The summed E-state index contributed by atoms with van der Waals surface area (Å²) < 4.78 is 5.07. The molecule has 2 aromatic carbocycles. The second kappa shape index (κ2) is 9.76. The Morgan fingerprint density at radius 1 is 1.11 bits per heavy atom. The number of ether oxygens (including phenoxy) is 1. The first-order valence-electron chi connectivity index (χ1n) is 9.41. The number of H-pyrrole nitrogens is 1. The second-order valence-electron chi connectivity index (χ2n) is 6.24. The van der Waals surface area contributed by atoms with E-state index >= 15 is 0 Å². The van der Waals surface area contributed by atoms with Gasteiger partial charge >= 0.3 is 0 Å². The van der Waals surface area contributed by atoms with E-state index in [1.54, 1.807) is 12.0 Å². The lowest BCUT2D eigenvalue weighted by Crippen LogP contribution is -2.27. The Hall–Kier alpha value is -2.82. The van der Waals surface area contributed by atoms with Gasteiger partial charge in [0.05, 0.1) is 12.6 Å². The number of anilines is 1. The molecule has 0 aliphatic heterocycles. The van der Waals surface area contributed by atoms with Gasteiger partial charge in [-0.15, -0.1) is 0 Å². The van der Waals surface area contributed by atoms with Gasteiger partial charge in [0.2, 0.25) is 5.91 Å². The van der Waals surface area contributed by atoms with Crippen LogP contribution in [0.1, 0.15) is 32.4 Å². The summed E-state index contributed by atoms with van der Waals surface area (Å²) >= 11 is 0. The van der Waals surface area contributed by atoms with Crippen LogP contribution in [0.5, 0.6) is 5.75 Å². The Labute approximate surface area is 161 Å². The van der Waals surface area contributed by atoms with E-state index in [0.29, 0.717) is 0 Å². The smallest absolute Gasteiger partial charge is 0.229 e. The molecule has 0 bridgehead atoms. The first-order valence-corrected chi connectivity index (χ1v) is 9.41. The number of aromatic nitrogens is 2. The number of hydrogen-bond acceptors (Lipinski definition) is 3. The van der Waals surface area contributed by atoms with Crippen molar-refractivity contribution in [3.8, 4) is 5.75 Å². The molecule has 1 aromatic heterocycles. The summed E-state index contributed by atoms with van der Waals surface area (Å²) in [6.45, 7) is 6.02. The molecule has 0 unspecified atom stereocenters. The first kappa shape index (κ1) is 20.5. The van der Waals surface area contributed by atoms with Gasteiger partial charge < -0.3 is 9.64 Å². The maximum Gasteiger partial charge on any atom is 0.229 e. The number of nitrogens with one attached hydrogen (secondary N) is 1. The number of fused-ring (bicyclic) bond motifs is 1. The minimum absolute atomic E-state index is 0.222. The molecule has 1 aliphatic rings. The summed E-state index contributed by atoms with van der Waals surface area (Å²) in [7, 11) is 3.45. The van der Waals surface area contributed by atoms with Crippen LogP contribution in [-0.2, 0) is 4.79 Å². The highest BCUT2D eigenvalue weighted by atomic mass is 16.5. The molecule has 0 saturated heterocycles. The van der Waals surface area contributed by atoms with E-state index < -0.39 is 0 Å². The third-order valence-corrected chi connectivity index (χ3v) is 4.37. The van der Waals surface area contributed by atoms with Gasteiger partial charge in [-0.3, -0.25) is 9.89 Å². The molecule has 5 nitrogen and oxygen atoms in total. The standard InChI is InChI=1S/C12H15NO2.C8H8N2.C2H6/c1-13(12(14)9-3-4-9)10-5-7-11(15-2)8-6-10;1-6-7-4-2-3-5-8(7)10-9-6;1-2/h5-9H,3-4H2,1-2H3;2-5H,1H3,(H,9,10);1-2H3. The third kappa shape index (κ3) is 5.33. The van der Waals surface area contributed by atoms with Crippen LogP contribution in [0.3, 0.4) is 0 Å². The number of methoxy groups -OCH3 is 1. The topological polar surface area (TPSA) is 58.2 Å². The van der Waals surface area contributed by atoms with Crippen LogP contribution in [0.15, 0.2) is 48.5 Å². The lowest BCUT2D eigenvalue weighted by molar-refractivity contribution is -0.119. The predicted molar refractivity (Wildman–Crippen MR) is 111 cm³/mol. The van der Waals surface area contributed by atoms with Crippen molar-refractivity contribution in [2.24, 2.45) is 5.92 Å². The van der Waals surface area contributed by atoms with Gasteiger partial charge in [0.15, 0.2) is 0 Å². The number of aromatic amines is 1. The van der Waals surface area contributed by atoms with Gasteiger partial charge in [-0.25, -0.2) is 0 Å². The SMILES string of the molecule is CC.COc1ccc(N(C)C(=O)C2CC2)cc1.Cc1[nH]nc2ccccc12. The number of rotatable bonds is 3. The Morgan fingerprint density at radius 2 is 1.74 bits per heavy atom. The quantitative estimate of drug-likeness (QED) is 0.711. The van der Waals surface area contributed by atoms with Crippen molar-refractivity contribution in [3.05, 3.63) is 54.2 Å². The van der Waals surface area contributed by atoms with Crippen LogP contribution >= 0.6 is 0 Å². The number of hydrogen-bond donors (Lipinski definition) is 1. The van der Waals surface area contributed by atoms with E-state index in [4.69, 9.17) is 4.74 Å². The molecule has 3 aromatic rings. The minimum atomic E-state index is 0.222. The Morgan fingerprint density at radius 3 is 2.30 bits per heavy atom. The molecule has 27 heavy (non-hydrogen) atoms. The van der Waals surface area contributed by atoms with E-state index in [0.717, 1.165) is 35.5 Å². The molecule has 1 saturated carbocycles. The zero-order valence-corrected chi connectivity index (χ0v) is 16.8. The van der Waals surface area contributed by atoms with E-state index in [9.17, 15) is 4.79 Å². The average Bonchev–Trinajstić information content (AvgIpc) is 3.52. The maximum atomic E-state index is 11.8. The minimum Gasteiger partial charge on any atom is -0.497 e. The number of amides is 1. The molecular formula is C22H29N3O2. The molecule has 1 N–H and O–H groups in total. The maximum absolute atomic E-state index is 11.8. The summed E-state index contributed by atoms with van der Waals surface area (Å²) in [4.78, 5) is 13.5. The molecule has 0 radical (unpaired) electrons. The van der Waals surface area contributed by atoms with E-state index in [1.807, 2.05) is 70.3 Å². The fraction of sp³-hybridized carbons (Fsp3) is 0.364. The molecule has 5 heteroatoms. The molecule has 4 rings (SSSR count). The molecule has 0 atom stereocenters. The van der Waals surface area contributed by atoms with Crippen LogP contribution in [-0.4, -0.2) is 30.3 Å². The van der Waals surface area contributed by atoms with Gasteiger partial charge in [-0.1, -0.05) is 32.0 Å². The zero-order chi connectivity index (χ0) is 19.8. The van der Waals surface area contributed by atoms with Crippen molar-refractivity contribution in [1.82, 2.24) is 10.2 Å². The van der Waals surface area contributed by atoms with Crippen LogP contribution in [0, 0.1) is 12.8 Å². The summed E-state index contributed by atoms with van der Waals surface area (Å²) in [5.41, 5.74) is 3.10. The van der Waals surface area contributed by atoms with Crippen LogP contribution < -0.4 is 9.64 Å². The molecular weight excluding hydrogens is 338 g/mol. The summed E-state index contributed by atoms with van der Waals surface area (Å²) in [5.74, 6) is 1.29. The highest BCUT2D eigenvalue weighted by Gasteiger charge is 2.32. The van der Waals surface area contributed by atoms with Crippen molar-refractivity contribution >= 4 is 22.5 Å². The lowest BCUT2D eigenvalue weighted by Gasteiger charge is -2.17. The molecule has 0 spiro atoms. The fourth-order valence-electron chi connectivity index (χ4n) is 2.63. The molecule has 1 amide bonds. The molecule has 144 valence electrons. The monoisotopic (exact) mass is 367 g/mol. The normalized spacial score (nSPS) is 12.3. The average molecular weight is 367 g/mol. The van der Waals surface area contributed by atoms with E-state index in [-0.39, 0.29) is 11.8 Å². The largest absolute Gasteiger partial charge is 0.497 e. The Kier molecular flexibility index (Phi) is 7.41. The summed E-state index contributed by atoms with van der Waals surface area (Å²) in [6.07, 6.45) is 2.08. The highest BCUT2D eigenvalue weighted by Crippen LogP contribution is 2.32. The summed E-state index contributed by atoms with van der Waals surface area (Å²) in [5, 5.41) is 8.23. The number of carbonyl (C=O) groups is 1. The lowest BCUT2D eigenvalue weighted by atomic mass is 10.2. The van der Waals surface area contributed by atoms with Gasteiger partial charge in [-0.05, 0) is 50.1 Å². The van der Waals surface area contributed by atoms with Gasteiger partial charge in [0.1, 0.15) is 5.75 Å². The van der Waals surface area contributed by atoms with Crippen LogP contribution in [0.4, 0.5) is 5.69 Å². The number of nitrogens with zero attached hydrogens (tertiary/aromatic N) is 2. The number of carbonyl (C=O) groups excluding carboxylic acids is 1. The molecule has 1 fully saturated rings. The zero-order valence-electron chi connectivity index (χ0n) is 16.8. The van der Waals surface area contributed by atoms with Crippen LogP contribution in [0.2, 0.25) is 0 Å². The summed E-state index contributed by atoms with van der Waals surface area (Å²) in [6, 6.07) is 15.6. The Balaban J connectivity index is 0.000000189. The first-order chi connectivity index (χ1) is 13.1. The van der Waals surface area contributed by atoms with Crippen molar-refractivity contribution in [3.63, 3.8) is 0 Å². The molecule has 1 aliphatic carbocycles. The van der Waals surface area contributed by atoms with E-state index in [1.165, 1.54) is 5.39 Å². The second-order valence-corrected chi connectivity index (χ2v) is 6.24. The number of aryl methyl sites for hydroxylation is 1. The van der Waals surface area contributed by atoms with Crippen molar-refractivity contribution in [1.29, 1.82) is 0 Å². The van der Waals surface area contributed by atoms with Gasteiger partial charge in [-0.2, -0.15) is 5.10 Å². The van der Waals surface area contributed by atoms with Crippen molar-refractivity contribution < 1.29 is 9.53 Å². The molecule has 1 heterocycles.